The van der Waals surface area contributed by atoms with Gasteiger partial charge in [0, 0.05) is 25.1 Å². The summed E-state index contributed by atoms with van der Waals surface area (Å²) in [6.45, 7) is 7.95. The molecule has 3 heteroatoms. The molecule has 0 bridgehead atoms. The number of rotatable bonds is 6. The summed E-state index contributed by atoms with van der Waals surface area (Å²) in [5.41, 5.74) is 5.02. The summed E-state index contributed by atoms with van der Waals surface area (Å²) in [5.74, 6) is 1.32. The molecule has 102 valence electrons. The van der Waals surface area contributed by atoms with Gasteiger partial charge in [0.2, 0.25) is 0 Å². The van der Waals surface area contributed by atoms with Crippen LogP contribution in [-0.2, 0) is 4.74 Å². The van der Waals surface area contributed by atoms with E-state index in [1.54, 1.807) is 14.2 Å². The van der Waals surface area contributed by atoms with Crippen molar-refractivity contribution in [2.24, 2.45) is 0 Å². The molecule has 1 N–H and O–H groups in total. The second kappa shape index (κ2) is 6.76. The molecule has 0 fully saturated rings. The third-order valence-corrected chi connectivity index (χ3v) is 3.47. The van der Waals surface area contributed by atoms with Crippen LogP contribution in [0.4, 0.5) is 0 Å². The fourth-order valence-corrected chi connectivity index (χ4v) is 2.53. The number of hydrogen-bond donors (Lipinski definition) is 1. The molecular formula is C15H25NO2. The van der Waals surface area contributed by atoms with Crippen LogP contribution in [0.25, 0.3) is 0 Å². The van der Waals surface area contributed by atoms with E-state index in [4.69, 9.17) is 9.47 Å². The summed E-state index contributed by atoms with van der Waals surface area (Å²) in [5, 5.41) is 3.23. The number of aryl methyl sites for hydroxylation is 2. The predicted octanol–water partition coefficient (Wildman–Crippen LogP) is 2.57. The molecule has 0 saturated carbocycles. The third-order valence-electron chi connectivity index (χ3n) is 3.47. The standard InChI is InChI=1S/C15H25NO2/c1-10-7-11(2)14(15(18-6)12(10)3)13(8-16-4)9-17-5/h7,13,16H,8-9H2,1-6H3. The molecule has 0 aliphatic carbocycles. The smallest absolute Gasteiger partial charge is 0.125 e. The molecule has 1 rings (SSSR count). The maximum Gasteiger partial charge on any atom is 0.125 e. The van der Waals surface area contributed by atoms with E-state index < -0.39 is 0 Å². The minimum atomic E-state index is 0.314. The molecular weight excluding hydrogens is 226 g/mol. The maximum absolute atomic E-state index is 5.63. The van der Waals surface area contributed by atoms with Crippen molar-refractivity contribution in [3.05, 3.63) is 28.3 Å². The first-order chi connectivity index (χ1) is 8.56. The zero-order chi connectivity index (χ0) is 13.7. The number of benzene rings is 1. The van der Waals surface area contributed by atoms with Gasteiger partial charge >= 0.3 is 0 Å². The van der Waals surface area contributed by atoms with Gasteiger partial charge in [-0.2, -0.15) is 0 Å². The van der Waals surface area contributed by atoms with Crippen LogP contribution in [0.2, 0.25) is 0 Å². The zero-order valence-corrected chi connectivity index (χ0v) is 12.4. The molecule has 0 aliphatic rings. The molecule has 0 radical (unpaired) electrons. The Morgan fingerprint density at radius 2 is 1.83 bits per heavy atom. The second-order valence-corrected chi connectivity index (χ2v) is 4.79. The molecule has 0 aromatic heterocycles. The van der Waals surface area contributed by atoms with Crippen molar-refractivity contribution < 1.29 is 9.47 Å². The van der Waals surface area contributed by atoms with Crippen LogP contribution in [-0.4, -0.2) is 34.4 Å². The highest BCUT2D eigenvalue weighted by Gasteiger charge is 2.20. The lowest BCUT2D eigenvalue weighted by Gasteiger charge is -2.23. The normalized spacial score (nSPS) is 12.6. The minimum Gasteiger partial charge on any atom is -0.496 e. The van der Waals surface area contributed by atoms with Gasteiger partial charge in [-0.15, -0.1) is 0 Å². The van der Waals surface area contributed by atoms with Gasteiger partial charge in [-0.1, -0.05) is 6.07 Å². The lowest BCUT2D eigenvalue weighted by Crippen LogP contribution is -2.22. The van der Waals surface area contributed by atoms with Gasteiger partial charge in [-0.25, -0.2) is 0 Å². The lowest BCUT2D eigenvalue weighted by molar-refractivity contribution is 0.177. The van der Waals surface area contributed by atoms with Crippen LogP contribution >= 0.6 is 0 Å². The van der Waals surface area contributed by atoms with E-state index >= 15 is 0 Å². The summed E-state index contributed by atoms with van der Waals surface area (Å²) in [4.78, 5) is 0. The summed E-state index contributed by atoms with van der Waals surface area (Å²) in [6.07, 6.45) is 0. The summed E-state index contributed by atoms with van der Waals surface area (Å²) in [7, 11) is 5.45. The van der Waals surface area contributed by atoms with Crippen molar-refractivity contribution in [3.63, 3.8) is 0 Å². The first kappa shape index (κ1) is 15.0. The average Bonchev–Trinajstić information content (AvgIpc) is 2.33. The van der Waals surface area contributed by atoms with Crippen molar-refractivity contribution in [1.82, 2.24) is 5.32 Å². The molecule has 0 amide bonds. The van der Waals surface area contributed by atoms with E-state index in [1.807, 2.05) is 7.05 Å². The predicted molar refractivity (Wildman–Crippen MR) is 75.7 cm³/mol. The Morgan fingerprint density at radius 3 is 2.33 bits per heavy atom. The molecule has 0 saturated heterocycles. The van der Waals surface area contributed by atoms with Gasteiger partial charge in [-0.3, -0.25) is 0 Å². The highest BCUT2D eigenvalue weighted by molar-refractivity contribution is 5.51. The van der Waals surface area contributed by atoms with E-state index in [-0.39, 0.29) is 0 Å². The van der Waals surface area contributed by atoms with E-state index in [1.165, 1.54) is 22.3 Å². The Morgan fingerprint density at radius 1 is 1.17 bits per heavy atom. The Labute approximate surface area is 110 Å². The van der Waals surface area contributed by atoms with Crippen LogP contribution in [0, 0.1) is 20.8 Å². The van der Waals surface area contributed by atoms with Crippen LogP contribution in [0.3, 0.4) is 0 Å². The number of methoxy groups -OCH3 is 2. The van der Waals surface area contributed by atoms with Crippen molar-refractivity contribution >= 4 is 0 Å². The third kappa shape index (κ3) is 3.03. The molecule has 0 spiro atoms. The van der Waals surface area contributed by atoms with Gasteiger partial charge in [0.15, 0.2) is 0 Å². The Hall–Kier alpha value is -1.06. The summed E-state index contributed by atoms with van der Waals surface area (Å²) < 4.78 is 11.0. The molecule has 0 aliphatic heterocycles. The minimum absolute atomic E-state index is 0.314. The summed E-state index contributed by atoms with van der Waals surface area (Å²) in [6, 6.07) is 2.23. The molecule has 18 heavy (non-hydrogen) atoms. The molecule has 3 nitrogen and oxygen atoms in total. The number of hydrogen-bond acceptors (Lipinski definition) is 3. The average molecular weight is 251 g/mol. The lowest BCUT2D eigenvalue weighted by atomic mass is 9.90. The summed E-state index contributed by atoms with van der Waals surface area (Å²) >= 11 is 0. The van der Waals surface area contributed by atoms with Gasteiger partial charge in [-0.05, 0) is 44.5 Å². The van der Waals surface area contributed by atoms with Gasteiger partial charge in [0.05, 0.1) is 13.7 Å². The first-order valence-electron chi connectivity index (χ1n) is 6.35. The van der Waals surface area contributed by atoms with Crippen LogP contribution in [0.5, 0.6) is 5.75 Å². The van der Waals surface area contributed by atoms with E-state index in [0.29, 0.717) is 12.5 Å². The number of likely N-dealkylation sites (N-methyl/N-ethyl adjacent to an activating group) is 1. The fraction of sp³-hybridized carbons (Fsp3) is 0.600. The Kier molecular flexibility index (Phi) is 5.63. The van der Waals surface area contributed by atoms with E-state index in [9.17, 15) is 0 Å². The topological polar surface area (TPSA) is 30.5 Å². The molecule has 1 unspecified atom stereocenters. The van der Waals surface area contributed by atoms with Crippen LogP contribution in [0.1, 0.15) is 28.2 Å². The van der Waals surface area contributed by atoms with Crippen LogP contribution < -0.4 is 10.1 Å². The Balaban J connectivity index is 3.31. The molecule has 1 aromatic rings. The van der Waals surface area contributed by atoms with Crippen LogP contribution in [0.15, 0.2) is 6.07 Å². The van der Waals surface area contributed by atoms with E-state index in [0.717, 1.165) is 12.3 Å². The Bertz CT molecular complexity index is 396. The molecule has 1 aromatic carbocycles. The highest BCUT2D eigenvalue weighted by atomic mass is 16.5. The van der Waals surface area contributed by atoms with Crippen molar-refractivity contribution in [2.45, 2.75) is 26.7 Å². The van der Waals surface area contributed by atoms with Crippen molar-refractivity contribution in [3.8, 4) is 5.75 Å². The second-order valence-electron chi connectivity index (χ2n) is 4.79. The molecule has 0 heterocycles. The van der Waals surface area contributed by atoms with Crippen molar-refractivity contribution in [2.75, 3.05) is 34.4 Å². The van der Waals surface area contributed by atoms with Crippen molar-refractivity contribution in [1.29, 1.82) is 0 Å². The molecule has 1 atom stereocenters. The first-order valence-corrected chi connectivity index (χ1v) is 6.35. The monoisotopic (exact) mass is 251 g/mol. The maximum atomic E-state index is 5.63. The fourth-order valence-electron chi connectivity index (χ4n) is 2.53. The van der Waals surface area contributed by atoms with Gasteiger partial charge in [0.25, 0.3) is 0 Å². The quantitative estimate of drug-likeness (QED) is 0.843. The number of nitrogens with one attached hydrogen (secondary N) is 1. The van der Waals surface area contributed by atoms with E-state index in [2.05, 4.69) is 32.2 Å². The van der Waals surface area contributed by atoms with Gasteiger partial charge in [0.1, 0.15) is 5.75 Å². The zero-order valence-electron chi connectivity index (χ0n) is 12.4. The largest absolute Gasteiger partial charge is 0.496 e. The number of ether oxygens (including phenoxy) is 2. The van der Waals surface area contributed by atoms with Gasteiger partial charge < -0.3 is 14.8 Å². The SMILES string of the molecule is CNCC(COC)c1c(C)cc(C)c(C)c1OC. The highest BCUT2D eigenvalue weighted by Crippen LogP contribution is 2.35.